The van der Waals surface area contributed by atoms with Gasteiger partial charge < -0.3 is 15.2 Å². The van der Waals surface area contributed by atoms with Gasteiger partial charge in [0, 0.05) is 23.7 Å². The maximum absolute atomic E-state index is 6.28. The Hall–Kier alpha value is -1.42. The van der Waals surface area contributed by atoms with Gasteiger partial charge in [-0.2, -0.15) is 0 Å². The molecule has 2 aromatic rings. The maximum Gasteiger partial charge on any atom is 0.138 e. The first-order valence-electron chi connectivity index (χ1n) is 6.01. The van der Waals surface area contributed by atoms with Gasteiger partial charge in [0.2, 0.25) is 0 Å². The van der Waals surface area contributed by atoms with Gasteiger partial charge in [0.25, 0.3) is 0 Å². The summed E-state index contributed by atoms with van der Waals surface area (Å²) in [5, 5.41) is 1.08. The number of ether oxygens (including phenoxy) is 2. The quantitative estimate of drug-likeness (QED) is 0.923. The number of halogens is 2. The molecule has 0 aromatic heterocycles. The van der Waals surface area contributed by atoms with E-state index in [9.17, 15) is 0 Å². The molecule has 0 bridgehead atoms. The van der Waals surface area contributed by atoms with Crippen LogP contribution in [-0.2, 0) is 6.54 Å². The van der Waals surface area contributed by atoms with Crippen LogP contribution < -0.4 is 15.2 Å². The lowest BCUT2D eigenvalue weighted by Crippen LogP contribution is -2.00. The molecular formula is C15H15Cl2NO2. The first kappa shape index (κ1) is 15.0. The maximum atomic E-state index is 6.28. The van der Waals surface area contributed by atoms with Gasteiger partial charge >= 0.3 is 0 Å². The van der Waals surface area contributed by atoms with E-state index in [1.165, 1.54) is 0 Å². The van der Waals surface area contributed by atoms with E-state index in [0.29, 0.717) is 22.3 Å². The second-order valence-corrected chi connectivity index (χ2v) is 5.01. The highest BCUT2D eigenvalue weighted by atomic mass is 35.5. The predicted molar refractivity (Wildman–Crippen MR) is 82.9 cm³/mol. The first-order valence-corrected chi connectivity index (χ1v) is 6.76. The largest absolute Gasteiger partial charge is 0.496 e. The van der Waals surface area contributed by atoms with Crippen molar-refractivity contribution in [2.24, 2.45) is 5.73 Å². The predicted octanol–water partition coefficient (Wildman–Crippen LogP) is 4.14. The third kappa shape index (κ3) is 2.85. The number of rotatable bonds is 4. The summed E-state index contributed by atoms with van der Waals surface area (Å²) in [5.41, 5.74) is 8.40. The van der Waals surface area contributed by atoms with Crippen molar-refractivity contribution in [1.82, 2.24) is 0 Å². The van der Waals surface area contributed by atoms with Gasteiger partial charge in [-0.05, 0) is 23.8 Å². The smallest absolute Gasteiger partial charge is 0.138 e. The molecule has 0 saturated carbocycles. The molecule has 0 heterocycles. The van der Waals surface area contributed by atoms with Gasteiger partial charge in [-0.15, -0.1) is 0 Å². The molecule has 106 valence electrons. The van der Waals surface area contributed by atoms with Gasteiger partial charge in [0.05, 0.1) is 24.3 Å². The lowest BCUT2D eigenvalue weighted by molar-refractivity contribution is 0.410. The van der Waals surface area contributed by atoms with E-state index in [-0.39, 0.29) is 0 Å². The van der Waals surface area contributed by atoms with Crippen LogP contribution in [0.5, 0.6) is 11.5 Å². The van der Waals surface area contributed by atoms with Crippen LogP contribution in [-0.4, -0.2) is 14.2 Å². The molecule has 0 aliphatic rings. The summed E-state index contributed by atoms with van der Waals surface area (Å²) in [5.74, 6) is 1.31. The average Bonchev–Trinajstić information content (AvgIpc) is 2.48. The van der Waals surface area contributed by atoms with Crippen molar-refractivity contribution in [3.8, 4) is 22.6 Å². The van der Waals surface area contributed by atoms with E-state index < -0.39 is 0 Å². The molecule has 0 saturated heterocycles. The fourth-order valence-electron chi connectivity index (χ4n) is 2.01. The summed E-state index contributed by atoms with van der Waals surface area (Å²) in [6.45, 7) is 0.387. The third-order valence-corrected chi connectivity index (χ3v) is 3.66. The van der Waals surface area contributed by atoms with Gasteiger partial charge in [-0.25, -0.2) is 0 Å². The highest BCUT2D eigenvalue weighted by Crippen LogP contribution is 2.37. The molecule has 0 unspecified atom stereocenters. The van der Waals surface area contributed by atoms with Crippen molar-refractivity contribution in [3.63, 3.8) is 0 Å². The Morgan fingerprint density at radius 1 is 0.950 bits per heavy atom. The average molecular weight is 312 g/mol. The fraction of sp³-hybridized carbons (Fsp3) is 0.200. The molecule has 2 rings (SSSR count). The van der Waals surface area contributed by atoms with Crippen molar-refractivity contribution in [1.29, 1.82) is 0 Å². The number of benzene rings is 2. The molecule has 0 radical (unpaired) electrons. The van der Waals surface area contributed by atoms with Crippen LogP contribution in [0.2, 0.25) is 10.0 Å². The van der Waals surface area contributed by atoms with Crippen LogP contribution in [0.15, 0.2) is 30.3 Å². The molecule has 2 aromatic carbocycles. The monoisotopic (exact) mass is 311 g/mol. The Labute approximate surface area is 128 Å². The molecule has 0 amide bonds. The summed E-state index contributed by atoms with van der Waals surface area (Å²) in [6, 6.07) is 9.22. The topological polar surface area (TPSA) is 44.5 Å². The first-order chi connectivity index (χ1) is 9.60. The minimum Gasteiger partial charge on any atom is -0.496 e. The van der Waals surface area contributed by atoms with Gasteiger partial charge in [-0.3, -0.25) is 0 Å². The van der Waals surface area contributed by atoms with E-state index in [1.807, 2.05) is 18.2 Å². The Bertz CT molecular complexity index is 630. The van der Waals surface area contributed by atoms with Crippen molar-refractivity contribution in [2.75, 3.05) is 14.2 Å². The minimum absolute atomic E-state index is 0.387. The van der Waals surface area contributed by atoms with E-state index >= 15 is 0 Å². The van der Waals surface area contributed by atoms with Crippen molar-refractivity contribution in [2.45, 2.75) is 6.54 Å². The Morgan fingerprint density at radius 2 is 1.65 bits per heavy atom. The Kier molecular flexibility index (Phi) is 4.76. The van der Waals surface area contributed by atoms with Crippen LogP contribution in [0.1, 0.15) is 5.56 Å². The Morgan fingerprint density at radius 3 is 2.25 bits per heavy atom. The molecule has 0 fully saturated rings. The van der Waals surface area contributed by atoms with Gasteiger partial charge in [-0.1, -0.05) is 29.3 Å². The minimum atomic E-state index is 0.387. The van der Waals surface area contributed by atoms with Crippen LogP contribution in [0.4, 0.5) is 0 Å². The molecule has 2 N–H and O–H groups in total. The summed E-state index contributed by atoms with van der Waals surface area (Å²) < 4.78 is 10.4. The molecule has 20 heavy (non-hydrogen) atoms. The van der Waals surface area contributed by atoms with Crippen LogP contribution in [0.3, 0.4) is 0 Å². The summed E-state index contributed by atoms with van der Waals surface area (Å²) in [7, 11) is 3.17. The van der Waals surface area contributed by atoms with Gasteiger partial charge in [0.1, 0.15) is 11.5 Å². The zero-order valence-electron chi connectivity index (χ0n) is 11.2. The van der Waals surface area contributed by atoms with Crippen LogP contribution in [0, 0.1) is 0 Å². The molecule has 0 aliphatic heterocycles. The fourth-order valence-corrected chi connectivity index (χ4v) is 2.52. The van der Waals surface area contributed by atoms with Crippen molar-refractivity contribution < 1.29 is 9.47 Å². The second kappa shape index (κ2) is 6.35. The van der Waals surface area contributed by atoms with Gasteiger partial charge in [0.15, 0.2) is 0 Å². The molecule has 0 aliphatic carbocycles. The molecule has 0 atom stereocenters. The van der Waals surface area contributed by atoms with E-state index in [2.05, 4.69) is 0 Å². The molecule has 0 spiro atoms. The summed E-state index contributed by atoms with van der Waals surface area (Å²) in [6.07, 6.45) is 0. The number of nitrogens with two attached hydrogens (primary N) is 1. The third-order valence-electron chi connectivity index (χ3n) is 3.05. The summed E-state index contributed by atoms with van der Waals surface area (Å²) >= 11 is 12.4. The van der Waals surface area contributed by atoms with Crippen LogP contribution >= 0.6 is 23.2 Å². The molecular weight excluding hydrogens is 297 g/mol. The zero-order chi connectivity index (χ0) is 14.7. The lowest BCUT2D eigenvalue weighted by atomic mass is 10.0. The lowest BCUT2D eigenvalue weighted by Gasteiger charge is -2.12. The standard InChI is InChI=1S/C15H15Cl2NO2/c1-19-14-4-3-9(5-10(14)8-18)11-6-13(17)15(20-2)7-12(11)16/h3-7H,8,18H2,1-2H3. The molecule has 3 nitrogen and oxygen atoms in total. The van der Waals surface area contributed by atoms with E-state index in [0.717, 1.165) is 22.4 Å². The molecule has 5 heteroatoms. The zero-order valence-corrected chi connectivity index (χ0v) is 12.8. The highest BCUT2D eigenvalue weighted by Gasteiger charge is 2.11. The normalized spacial score (nSPS) is 10.4. The number of hydrogen-bond donors (Lipinski definition) is 1. The number of hydrogen-bond acceptors (Lipinski definition) is 3. The van der Waals surface area contributed by atoms with Crippen molar-refractivity contribution in [3.05, 3.63) is 45.9 Å². The van der Waals surface area contributed by atoms with Crippen molar-refractivity contribution >= 4 is 23.2 Å². The SMILES string of the molecule is COc1cc(Cl)c(-c2ccc(OC)c(CN)c2)cc1Cl. The Balaban J connectivity index is 2.54. The van der Waals surface area contributed by atoms with Crippen LogP contribution in [0.25, 0.3) is 11.1 Å². The second-order valence-electron chi connectivity index (χ2n) is 4.20. The van der Waals surface area contributed by atoms with E-state index in [4.69, 9.17) is 38.4 Å². The van der Waals surface area contributed by atoms with E-state index in [1.54, 1.807) is 26.4 Å². The highest BCUT2D eigenvalue weighted by molar-refractivity contribution is 6.36. The summed E-state index contributed by atoms with van der Waals surface area (Å²) in [4.78, 5) is 0. The number of methoxy groups -OCH3 is 2.